The van der Waals surface area contributed by atoms with Crippen LogP contribution in [0.25, 0.3) is 11.3 Å². The molecule has 1 nitrogen and oxygen atoms in total. The maximum atomic E-state index is 13.7. The summed E-state index contributed by atoms with van der Waals surface area (Å²) in [6.07, 6.45) is 2.00. The van der Waals surface area contributed by atoms with Gasteiger partial charge in [-0.15, -0.1) is 0 Å². The van der Waals surface area contributed by atoms with Crippen LogP contribution in [0.2, 0.25) is 0 Å². The van der Waals surface area contributed by atoms with Gasteiger partial charge < -0.3 is 0 Å². The second kappa shape index (κ2) is 5.19. The third-order valence-corrected chi connectivity index (χ3v) is 6.08. The molecule has 2 atom stereocenters. The van der Waals surface area contributed by atoms with E-state index in [0.717, 1.165) is 24.2 Å². The summed E-state index contributed by atoms with van der Waals surface area (Å²) >= 11 is 0. The van der Waals surface area contributed by atoms with Gasteiger partial charge in [0.15, 0.2) is 12.2 Å². The molecular formula is C20H25FN+. The minimum atomic E-state index is -0.425. The monoisotopic (exact) mass is 298 g/mol. The van der Waals surface area contributed by atoms with Crippen LogP contribution in [-0.4, -0.2) is 0 Å². The van der Waals surface area contributed by atoms with E-state index in [4.69, 9.17) is 0 Å². The van der Waals surface area contributed by atoms with Gasteiger partial charge in [0.05, 0.1) is 11.0 Å². The molecule has 2 aromatic rings. The summed E-state index contributed by atoms with van der Waals surface area (Å²) in [6.45, 7) is 8.66. The van der Waals surface area contributed by atoms with Gasteiger partial charge in [-0.05, 0) is 31.0 Å². The summed E-state index contributed by atoms with van der Waals surface area (Å²) in [5.41, 5.74) is 4.40. The van der Waals surface area contributed by atoms with Crippen LogP contribution in [0.4, 0.5) is 4.39 Å². The van der Waals surface area contributed by atoms with Crippen LogP contribution in [0, 0.1) is 0 Å². The topological polar surface area (TPSA) is 3.88 Å². The molecule has 1 aliphatic heterocycles. The summed E-state index contributed by atoms with van der Waals surface area (Å²) in [5, 5.41) is 0. The lowest BCUT2D eigenvalue weighted by atomic mass is 9.60. The van der Waals surface area contributed by atoms with Crippen molar-refractivity contribution in [2.45, 2.75) is 58.2 Å². The Morgan fingerprint density at radius 2 is 1.68 bits per heavy atom. The fraction of sp³-hybridized carbons (Fsp3) is 0.450. The number of halogens is 1. The molecule has 0 fully saturated rings. The van der Waals surface area contributed by atoms with E-state index in [1.165, 1.54) is 11.1 Å². The average molecular weight is 298 g/mol. The third-order valence-electron chi connectivity index (χ3n) is 6.08. The molecule has 0 radical (unpaired) electrons. The molecule has 22 heavy (non-hydrogen) atoms. The minimum Gasteiger partial charge on any atom is -0.239 e. The summed E-state index contributed by atoms with van der Waals surface area (Å²) in [6, 6.07) is 14.6. The highest BCUT2D eigenvalue weighted by Crippen LogP contribution is 2.49. The van der Waals surface area contributed by atoms with Crippen LogP contribution in [0.3, 0.4) is 0 Å². The van der Waals surface area contributed by atoms with E-state index in [-0.39, 0.29) is 11.0 Å². The van der Waals surface area contributed by atoms with Crippen molar-refractivity contribution in [2.75, 3.05) is 0 Å². The van der Waals surface area contributed by atoms with E-state index < -0.39 is 6.67 Å². The Morgan fingerprint density at radius 3 is 2.32 bits per heavy atom. The average Bonchev–Trinajstić information content (AvgIpc) is 2.58. The zero-order valence-corrected chi connectivity index (χ0v) is 14.0. The summed E-state index contributed by atoms with van der Waals surface area (Å²) in [4.78, 5) is 0. The summed E-state index contributed by atoms with van der Waals surface area (Å²) < 4.78 is 16.0. The Balaban J connectivity index is 2.46. The number of hydrogen-bond donors (Lipinski definition) is 0. The quantitative estimate of drug-likeness (QED) is 0.708. The van der Waals surface area contributed by atoms with Crippen molar-refractivity contribution in [3.63, 3.8) is 0 Å². The van der Waals surface area contributed by atoms with Crippen LogP contribution in [0.5, 0.6) is 0 Å². The third kappa shape index (κ3) is 1.73. The first-order valence-electron chi connectivity index (χ1n) is 8.23. The van der Waals surface area contributed by atoms with Crippen LogP contribution in [-0.2, 0) is 17.6 Å². The molecule has 1 aromatic heterocycles. The van der Waals surface area contributed by atoms with Crippen molar-refractivity contribution in [3.05, 3.63) is 53.7 Å². The zero-order valence-electron chi connectivity index (χ0n) is 14.0. The van der Waals surface area contributed by atoms with E-state index in [1.807, 2.05) is 12.1 Å². The van der Waals surface area contributed by atoms with Gasteiger partial charge in [-0.3, -0.25) is 0 Å². The molecule has 0 saturated carbocycles. The molecule has 0 saturated heterocycles. The Labute approximate surface area is 132 Å². The summed E-state index contributed by atoms with van der Waals surface area (Å²) in [7, 11) is 0. The van der Waals surface area contributed by atoms with E-state index >= 15 is 0 Å². The summed E-state index contributed by atoms with van der Waals surface area (Å²) in [5.74, 6) is 0. The van der Waals surface area contributed by atoms with Crippen LogP contribution < -0.4 is 4.57 Å². The first-order chi connectivity index (χ1) is 10.5. The molecule has 2 heterocycles. The number of pyridine rings is 1. The number of nitrogens with zero attached hydrogens (tertiary/aromatic N) is 1. The number of hydrogen-bond acceptors (Lipinski definition) is 0. The minimum absolute atomic E-state index is 0.0126. The smallest absolute Gasteiger partial charge is 0.213 e. The predicted octanol–water partition coefficient (Wildman–Crippen LogP) is 4.92. The first-order valence-corrected chi connectivity index (χ1v) is 8.23. The van der Waals surface area contributed by atoms with Gasteiger partial charge in [0.25, 0.3) is 0 Å². The zero-order chi connectivity index (χ0) is 16.0. The van der Waals surface area contributed by atoms with Crippen LogP contribution in [0.15, 0.2) is 42.5 Å². The molecule has 116 valence electrons. The Morgan fingerprint density at radius 1 is 0.955 bits per heavy atom. The number of aromatic nitrogens is 1. The van der Waals surface area contributed by atoms with Crippen molar-refractivity contribution in [1.29, 1.82) is 0 Å². The molecule has 0 aliphatic carbocycles. The van der Waals surface area contributed by atoms with Crippen LogP contribution in [0.1, 0.15) is 51.8 Å². The molecule has 2 heteroatoms. The fourth-order valence-corrected chi connectivity index (χ4v) is 4.30. The lowest BCUT2D eigenvalue weighted by molar-refractivity contribution is -0.772. The van der Waals surface area contributed by atoms with Gasteiger partial charge in [0, 0.05) is 25.5 Å². The van der Waals surface area contributed by atoms with Crippen molar-refractivity contribution in [2.24, 2.45) is 0 Å². The van der Waals surface area contributed by atoms with Gasteiger partial charge >= 0.3 is 0 Å². The predicted molar refractivity (Wildman–Crippen MR) is 88.5 cm³/mol. The van der Waals surface area contributed by atoms with E-state index in [0.29, 0.717) is 0 Å². The fourth-order valence-electron chi connectivity index (χ4n) is 4.30. The molecule has 3 rings (SSSR count). The van der Waals surface area contributed by atoms with E-state index in [2.05, 4.69) is 62.6 Å². The van der Waals surface area contributed by atoms with Gasteiger partial charge in [-0.1, -0.05) is 32.0 Å². The largest absolute Gasteiger partial charge is 0.239 e. The van der Waals surface area contributed by atoms with Crippen molar-refractivity contribution < 1.29 is 8.96 Å². The van der Waals surface area contributed by atoms with Crippen LogP contribution >= 0.6 is 0 Å². The Kier molecular flexibility index (Phi) is 3.58. The van der Waals surface area contributed by atoms with Crippen molar-refractivity contribution in [1.82, 2.24) is 0 Å². The van der Waals surface area contributed by atoms with E-state index in [1.54, 1.807) is 0 Å². The molecule has 0 amide bonds. The highest BCUT2D eigenvalue weighted by atomic mass is 19.1. The maximum Gasteiger partial charge on any atom is 0.213 e. The Bertz CT molecular complexity index is 709. The highest BCUT2D eigenvalue weighted by Gasteiger charge is 2.57. The number of fused-ring (bicyclic) bond motifs is 3. The molecule has 0 bridgehead atoms. The second-order valence-corrected chi connectivity index (χ2v) is 6.73. The SMILES string of the molecule is CCC1(C)c2ccccc2-c2cccc(CF)[n+]2C1(C)CC. The highest BCUT2D eigenvalue weighted by molar-refractivity contribution is 5.65. The molecule has 1 aromatic carbocycles. The first kappa shape index (κ1) is 15.2. The van der Waals surface area contributed by atoms with Gasteiger partial charge in [-0.2, -0.15) is 4.57 Å². The van der Waals surface area contributed by atoms with Gasteiger partial charge in [-0.25, -0.2) is 4.39 Å². The molecule has 0 N–H and O–H groups in total. The molecule has 1 aliphatic rings. The second-order valence-electron chi connectivity index (χ2n) is 6.73. The van der Waals surface area contributed by atoms with Gasteiger partial charge in [0.2, 0.25) is 11.4 Å². The number of benzene rings is 1. The van der Waals surface area contributed by atoms with Crippen molar-refractivity contribution >= 4 is 0 Å². The maximum absolute atomic E-state index is 13.7. The Hall–Kier alpha value is -1.70. The molecule has 0 spiro atoms. The number of rotatable bonds is 3. The van der Waals surface area contributed by atoms with E-state index in [9.17, 15) is 4.39 Å². The standard InChI is InChI=1S/C20H25FN/c1-5-19(3)17-12-8-7-11-16(17)18-13-9-10-15(14-21)22(18)20(19,4)6-2/h7-13H,5-6,14H2,1-4H3/q+1. The molecule has 2 unspecified atom stereocenters. The number of alkyl halides is 1. The normalized spacial score (nSPS) is 26.4. The lowest BCUT2D eigenvalue weighted by Crippen LogP contribution is -2.69. The molecular weight excluding hydrogens is 273 g/mol. The lowest BCUT2D eigenvalue weighted by Gasteiger charge is -2.46. The van der Waals surface area contributed by atoms with Gasteiger partial charge in [0.1, 0.15) is 0 Å². The van der Waals surface area contributed by atoms with Crippen molar-refractivity contribution in [3.8, 4) is 11.3 Å².